The van der Waals surface area contributed by atoms with Crippen LogP contribution in [0.3, 0.4) is 0 Å². The standard InChI is InChI=1S/C21H28N2O4S/c1-16-10-11-20(17(2)13-16)23(28(4,25)26)15-21(24)22-12-6-8-18-7-5-9-19(14-18)27-3/h5,7,9-11,13-14H,6,8,12,15H2,1-4H3,(H,22,24). The number of ether oxygens (including phenoxy) is 1. The summed E-state index contributed by atoms with van der Waals surface area (Å²) in [6, 6.07) is 13.3. The molecule has 2 rings (SSSR count). The molecule has 7 heteroatoms. The quantitative estimate of drug-likeness (QED) is 0.652. The van der Waals surface area contributed by atoms with Crippen LogP contribution in [0.25, 0.3) is 0 Å². The van der Waals surface area contributed by atoms with E-state index in [9.17, 15) is 13.2 Å². The average Bonchev–Trinajstić information content (AvgIpc) is 2.63. The fourth-order valence-corrected chi connectivity index (χ4v) is 3.91. The molecule has 2 aromatic carbocycles. The van der Waals surface area contributed by atoms with E-state index in [-0.39, 0.29) is 12.5 Å². The Kier molecular flexibility index (Phi) is 7.45. The molecule has 0 atom stereocenters. The second kappa shape index (κ2) is 9.59. The summed E-state index contributed by atoms with van der Waals surface area (Å²) >= 11 is 0. The number of anilines is 1. The number of carbonyl (C=O) groups is 1. The van der Waals surface area contributed by atoms with E-state index in [4.69, 9.17) is 4.74 Å². The van der Waals surface area contributed by atoms with Gasteiger partial charge in [-0.1, -0.05) is 29.8 Å². The number of carbonyl (C=O) groups excluding carboxylic acids is 1. The fourth-order valence-electron chi connectivity index (χ4n) is 3.00. The number of amides is 1. The van der Waals surface area contributed by atoms with Crippen LogP contribution in [-0.2, 0) is 21.2 Å². The highest BCUT2D eigenvalue weighted by Crippen LogP contribution is 2.23. The molecule has 0 saturated carbocycles. The number of nitrogens with zero attached hydrogens (tertiary/aromatic N) is 1. The Morgan fingerprint density at radius 3 is 2.54 bits per heavy atom. The van der Waals surface area contributed by atoms with Gasteiger partial charge in [-0.3, -0.25) is 9.10 Å². The first-order valence-corrected chi connectivity index (χ1v) is 11.0. The lowest BCUT2D eigenvalue weighted by Gasteiger charge is -2.24. The van der Waals surface area contributed by atoms with Gasteiger partial charge in [0.2, 0.25) is 15.9 Å². The fraction of sp³-hybridized carbons (Fsp3) is 0.381. The van der Waals surface area contributed by atoms with E-state index in [1.165, 1.54) is 0 Å². The van der Waals surface area contributed by atoms with Crippen LogP contribution in [0.2, 0.25) is 0 Å². The van der Waals surface area contributed by atoms with Gasteiger partial charge in [-0.2, -0.15) is 0 Å². The number of sulfonamides is 1. The van der Waals surface area contributed by atoms with E-state index < -0.39 is 10.0 Å². The van der Waals surface area contributed by atoms with Gasteiger partial charge in [-0.25, -0.2) is 8.42 Å². The van der Waals surface area contributed by atoms with Crippen LogP contribution in [0.1, 0.15) is 23.1 Å². The van der Waals surface area contributed by atoms with Gasteiger partial charge in [0.1, 0.15) is 12.3 Å². The Morgan fingerprint density at radius 2 is 1.89 bits per heavy atom. The predicted octanol–water partition coefficient (Wildman–Crippen LogP) is 2.83. The maximum atomic E-state index is 12.3. The molecule has 0 spiro atoms. The summed E-state index contributed by atoms with van der Waals surface area (Å²) in [5.74, 6) is 0.481. The zero-order valence-corrected chi connectivity index (χ0v) is 17.7. The lowest BCUT2D eigenvalue weighted by molar-refractivity contribution is -0.119. The minimum absolute atomic E-state index is 0.234. The molecule has 0 aliphatic carbocycles. The van der Waals surface area contributed by atoms with Crippen molar-refractivity contribution in [2.75, 3.05) is 30.8 Å². The first-order valence-electron chi connectivity index (χ1n) is 9.15. The SMILES string of the molecule is COc1cccc(CCCNC(=O)CN(c2ccc(C)cc2C)S(C)(=O)=O)c1. The third-order valence-corrected chi connectivity index (χ3v) is 5.53. The normalized spacial score (nSPS) is 11.1. The summed E-state index contributed by atoms with van der Waals surface area (Å²) in [7, 11) is -1.94. The third kappa shape index (κ3) is 6.27. The van der Waals surface area contributed by atoms with Crippen molar-refractivity contribution < 1.29 is 17.9 Å². The van der Waals surface area contributed by atoms with Crippen molar-refractivity contribution in [3.8, 4) is 5.75 Å². The molecule has 6 nitrogen and oxygen atoms in total. The van der Waals surface area contributed by atoms with E-state index in [0.29, 0.717) is 12.2 Å². The van der Waals surface area contributed by atoms with E-state index in [0.717, 1.165) is 45.8 Å². The monoisotopic (exact) mass is 404 g/mol. The van der Waals surface area contributed by atoms with Crippen molar-refractivity contribution in [3.05, 3.63) is 59.2 Å². The highest BCUT2D eigenvalue weighted by atomic mass is 32.2. The van der Waals surface area contributed by atoms with E-state index in [1.807, 2.05) is 50.2 Å². The largest absolute Gasteiger partial charge is 0.497 e. The molecule has 1 amide bonds. The summed E-state index contributed by atoms with van der Waals surface area (Å²) < 4.78 is 30.8. The summed E-state index contributed by atoms with van der Waals surface area (Å²) in [6.45, 7) is 4.02. The van der Waals surface area contributed by atoms with Gasteiger partial charge in [0.25, 0.3) is 0 Å². The molecule has 28 heavy (non-hydrogen) atoms. The van der Waals surface area contributed by atoms with Crippen LogP contribution >= 0.6 is 0 Å². The second-order valence-electron chi connectivity index (χ2n) is 6.86. The molecule has 0 heterocycles. The lowest BCUT2D eigenvalue weighted by Crippen LogP contribution is -2.41. The first kappa shape index (κ1) is 21.8. The third-order valence-electron chi connectivity index (χ3n) is 4.41. The van der Waals surface area contributed by atoms with Crippen LogP contribution in [0, 0.1) is 13.8 Å². The molecule has 0 fully saturated rings. The van der Waals surface area contributed by atoms with Gasteiger partial charge in [0, 0.05) is 6.54 Å². The maximum absolute atomic E-state index is 12.3. The Morgan fingerprint density at radius 1 is 1.14 bits per heavy atom. The van der Waals surface area contributed by atoms with Gasteiger partial charge < -0.3 is 10.1 Å². The van der Waals surface area contributed by atoms with Crippen LogP contribution in [-0.4, -0.2) is 40.8 Å². The number of hydrogen-bond donors (Lipinski definition) is 1. The summed E-state index contributed by atoms with van der Waals surface area (Å²) in [5.41, 5.74) is 3.51. The van der Waals surface area contributed by atoms with Crippen molar-refractivity contribution in [1.82, 2.24) is 5.32 Å². The second-order valence-corrected chi connectivity index (χ2v) is 8.77. The smallest absolute Gasteiger partial charge is 0.240 e. The van der Waals surface area contributed by atoms with E-state index >= 15 is 0 Å². The molecule has 0 aliphatic heterocycles. The van der Waals surface area contributed by atoms with Gasteiger partial charge in [-0.05, 0) is 56.0 Å². The molecule has 0 bridgehead atoms. The zero-order chi connectivity index (χ0) is 20.7. The van der Waals surface area contributed by atoms with E-state index in [1.54, 1.807) is 13.2 Å². The molecule has 0 aliphatic rings. The van der Waals surface area contributed by atoms with E-state index in [2.05, 4.69) is 5.32 Å². The average molecular weight is 405 g/mol. The summed E-state index contributed by atoms with van der Waals surface area (Å²) in [4.78, 5) is 12.3. The minimum Gasteiger partial charge on any atom is -0.497 e. The zero-order valence-electron chi connectivity index (χ0n) is 16.9. The Balaban J connectivity index is 1.93. The topological polar surface area (TPSA) is 75.7 Å². The Bertz CT molecular complexity index is 926. The molecule has 2 aromatic rings. The molecular formula is C21H28N2O4S. The number of rotatable bonds is 9. The van der Waals surface area contributed by atoms with Crippen LogP contribution in [0.4, 0.5) is 5.69 Å². The van der Waals surface area contributed by atoms with Gasteiger partial charge in [0.15, 0.2) is 0 Å². The van der Waals surface area contributed by atoms with Crippen LogP contribution in [0.15, 0.2) is 42.5 Å². The Labute approximate surface area is 167 Å². The minimum atomic E-state index is -3.57. The molecule has 0 saturated heterocycles. The molecule has 152 valence electrons. The van der Waals surface area contributed by atoms with Gasteiger partial charge in [-0.15, -0.1) is 0 Å². The van der Waals surface area contributed by atoms with Crippen molar-refractivity contribution >= 4 is 21.6 Å². The summed E-state index contributed by atoms with van der Waals surface area (Å²) in [6.07, 6.45) is 2.66. The van der Waals surface area contributed by atoms with Crippen LogP contribution < -0.4 is 14.4 Å². The number of benzene rings is 2. The lowest BCUT2D eigenvalue weighted by atomic mass is 10.1. The molecule has 0 aromatic heterocycles. The predicted molar refractivity (Wildman–Crippen MR) is 112 cm³/mol. The van der Waals surface area contributed by atoms with Crippen molar-refractivity contribution in [2.24, 2.45) is 0 Å². The van der Waals surface area contributed by atoms with Crippen molar-refractivity contribution in [2.45, 2.75) is 26.7 Å². The van der Waals surface area contributed by atoms with Gasteiger partial charge in [0.05, 0.1) is 19.1 Å². The summed E-state index contributed by atoms with van der Waals surface area (Å²) in [5, 5.41) is 2.81. The molecule has 1 N–H and O–H groups in total. The van der Waals surface area contributed by atoms with Crippen molar-refractivity contribution in [1.29, 1.82) is 0 Å². The van der Waals surface area contributed by atoms with Crippen molar-refractivity contribution in [3.63, 3.8) is 0 Å². The molecule has 0 radical (unpaired) electrons. The first-order chi connectivity index (χ1) is 13.2. The van der Waals surface area contributed by atoms with Gasteiger partial charge >= 0.3 is 0 Å². The number of nitrogens with one attached hydrogen (secondary N) is 1. The number of methoxy groups -OCH3 is 1. The maximum Gasteiger partial charge on any atom is 0.240 e. The number of aryl methyl sites for hydroxylation is 3. The molecular weight excluding hydrogens is 376 g/mol. The highest BCUT2D eigenvalue weighted by Gasteiger charge is 2.22. The highest BCUT2D eigenvalue weighted by molar-refractivity contribution is 7.92. The Hall–Kier alpha value is -2.54. The van der Waals surface area contributed by atoms with Crippen LogP contribution in [0.5, 0.6) is 5.75 Å². The molecule has 0 unspecified atom stereocenters. The number of hydrogen-bond acceptors (Lipinski definition) is 4.